The lowest BCUT2D eigenvalue weighted by atomic mass is 10.2. The molecular formula is C17H21FN4O2. The zero-order valence-corrected chi connectivity index (χ0v) is 13.8. The van der Waals surface area contributed by atoms with Crippen molar-refractivity contribution < 1.29 is 13.9 Å². The minimum absolute atomic E-state index is 0.0468. The second kappa shape index (κ2) is 7.09. The lowest BCUT2D eigenvalue weighted by Gasteiger charge is -2.35. The number of morpholine rings is 1. The van der Waals surface area contributed by atoms with E-state index in [2.05, 4.69) is 15.3 Å². The van der Waals surface area contributed by atoms with Gasteiger partial charge in [-0.2, -0.15) is 0 Å². The van der Waals surface area contributed by atoms with Crippen LogP contribution in [0.15, 0.2) is 24.5 Å². The fourth-order valence-corrected chi connectivity index (χ4v) is 3.03. The molecule has 1 amide bonds. The molecule has 2 aromatic rings. The molecule has 2 heterocycles. The Morgan fingerprint density at radius 3 is 2.83 bits per heavy atom. The zero-order valence-electron chi connectivity index (χ0n) is 13.8. The van der Waals surface area contributed by atoms with Gasteiger partial charge in [0.05, 0.1) is 23.1 Å². The van der Waals surface area contributed by atoms with Gasteiger partial charge >= 0.3 is 0 Å². The molecule has 0 spiro atoms. The minimum atomic E-state index is -0.377. The fourth-order valence-electron chi connectivity index (χ4n) is 3.03. The Bertz CT molecular complexity index is 724. The number of nitrogens with zero attached hydrogens (tertiary/aromatic N) is 3. The summed E-state index contributed by atoms with van der Waals surface area (Å²) in [6.45, 7) is 5.52. The monoisotopic (exact) mass is 332 g/mol. The molecule has 1 aliphatic rings. The number of ether oxygens (including phenoxy) is 1. The number of halogens is 1. The molecule has 0 bridgehead atoms. The van der Waals surface area contributed by atoms with Crippen LogP contribution in [0.25, 0.3) is 10.9 Å². The van der Waals surface area contributed by atoms with E-state index in [0.717, 1.165) is 0 Å². The van der Waals surface area contributed by atoms with E-state index in [1.54, 1.807) is 12.1 Å². The molecular weight excluding hydrogens is 311 g/mol. The number of rotatable bonds is 4. The Balaban J connectivity index is 1.62. The van der Waals surface area contributed by atoms with E-state index in [1.807, 2.05) is 18.7 Å². The van der Waals surface area contributed by atoms with Crippen LogP contribution in [0.4, 0.5) is 10.2 Å². The molecule has 24 heavy (non-hydrogen) atoms. The Kier molecular flexibility index (Phi) is 4.89. The molecule has 7 heteroatoms. The largest absolute Gasteiger partial charge is 0.372 e. The van der Waals surface area contributed by atoms with Crippen LogP contribution in [0.3, 0.4) is 0 Å². The molecule has 1 aliphatic heterocycles. The van der Waals surface area contributed by atoms with Crippen molar-refractivity contribution in [3.8, 4) is 0 Å². The van der Waals surface area contributed by atoms with Crippen molar-refractivity contribution in [1.82, 2.24) is 14.9 Å². The third-order valence-corrected chi connectivity index (χ3v) is 4.02. The average Bonchev–Trinajstić information content (AvgIpc) is 2.54. The molecule has 0 aliphatic carbocycles. The first-order valence-corrected chi connectivity index (χ1v) is 8.11. The first-order chi connectivity index (χ1) is 11.5. The second-order valence-electron chi connectivity index (χ2n) is 6.09. The summed E-state index contributed by atoms with van der Waals surface area (Å²) in [5, 5.41) is 3.40. The van der Waals surface area contributed by atoms with E-state index in [-0.39, 0.29) is 23.9 Å². The number of aromatic nitrogens is 2. The van der Waals surface area contributed by atoms with Crippen molar-refractivity contribution >= 4 is 22.6 Å². The third kappa shape index (κ3) is 3.62. The Hall–Kier alpha value is -2.28. The number of benzene rings is 1. The van der Waals surface area contributed by atoms with Crippen LogP contribution in [-0.2, 0) is 9.53 Å². The summed E-state index contributed by atoms with van der Waals surface area (Å²) in [4.78, 5) is 22.3. The van der Waals surface area contributed by atoms with Crippen molar-refractivity contribution in [1.29, 1.82) is 0 Å². The van der Waals surface area contributed by atoms with Gasteiger partial charge in [-0.3, -0.25) is 4.79 Å². The molecule has 6 nitrogen and oxygen atoms in total. The topological polar surface area (TPSA) is 67.4 Å². The quantitative estimate of drug-likeness (QED) is 0.930. The Morgan fingerprint density at radius 2 is 2.08 bits per heavy atom. The van der Waals surface area contributed by atoms with Crippen LogP contribution >= 0.6 is 0 Å². The molecule has 1 saturated heterocycles. The van der Waals surface area contributed by atoms with Crippen LogP contribution in [0.1, 0.15) is 20.3 Å². The van der Waals surface area contributed by atoms with Gasteiger partial charge in [0.1, 0.15) is 18.0 Å². The van der Waals surface area contributed by atoms with Crippen molar-refractivity contribution in [2.24, 2.45) is 0 Å². The summed E-state index contributed by atoms with van der Waals surface area (Å²) in [5.41, 5.74) is 0.537. The summed E-state index contributed by atoms with van der Waals surface area (Å²) in [6, 6.07) is 4.71. The van der Waals surface area contributed by atoms with Gasteiger partial charge in [0.25, 0.3) is 0 Å². The minimum Gasteiger partial charge on any atom is -0.372 e. The van der Waals surface area contributed by atoms with Crippen LogP contribution in [-0.4, -0.2) is 52.6 Å². The average molecular weight is 332 g/mol. The van der Waals surface area contributed by atoms with E-state index < -0.39 is 0 Å². The molecule has 1 aromatic carbocycles. The highest BCUT2D eigenvalue weighted by Crippen LogP contribution is 2.22. The predicted octanol–water partition coefficient (Wildman–Crippen LogP) is 2.21. The third-order valence-electron chi connectivity index (χ3n) is 4.02. The maximum Gasteiger partial charge on any atom is 0.224 e. The fraction of sp³-hybridized carbons (Fsp3) is 0.471. The molecule has 2 atom stereocenters. The number of hydrogen-bond donors (Lipinski definition) is 1. The van der Waals surface area contributed by atoms with Gasteiger partial charge in [0.2, 0.25) is 5.91 Å². The molecule has 0 unspecified atom stereocenters. The SMILES string of the molecule is C[C@H]1CN(C(=O)CCNc2ncnc3cccc(F)c23)C[C@H](C)O1. The lowest BCUT2D eigenvalue weighted by Crippen LogP contribution is -2.48. The molecule has 0 radical (unpaired) electrons. The number of amides is 1. The van der Waals surface area contributed by atoms with Gasteiger partial charge in [-0.1, -0.05) is 6.07 Å². The van der Waals surface area contributed by atoms with Crippen molar-refractivity contribution in [3.63, 3.8) is 0 Å². The van der Waals surface area contributed by atoms with Gasteiger partial charge in [0, 0.05) is 26.1 Å². The van der Waals surface area contributed by atoms with Crippen LogP contribution in [0.5, 0.6) is 0 Å². The van der Waals surface area contributed by atoms with Crippen molar-refractivity contribution in [2.45, 2.75) is 32.5 Å². The first kappa shape index (κ1) is 16.6. The second-order valence-corrected chi connectivity index (χ2v) is 6.09. The van der Waals surface area contributed by atoms with Gasteiger partial charge in [-0.05, 0) is 26.0 Å². The highest BCUT2D eigenvalue weighted by Gasteiger charge is 2.25. The summed E-state index contributed by atoms with van der Waals surface area (Å²) in [6.07, 6.45) is 1.80. The van der Waals surface area contributed by atoms with E-state index in [4.69, 9.17) is 4.74 Å². The zero-order chi connectivity index (χ0) is 17.1. The summed E-state index contributed by atoms with van der Waals surface area (Å²) < 4.78 is 19.6. The maximum absolute atomic E-state index is 14.0. The van der Waals surface area contributed by atoms with Crippen LogP contribution in [0.2, 0.25) is 0 Å². The molecule has 0 saturated carbocycles. The first-order valence-electron chi connectivity index (χ1n) is 8.11. The highest BCUT2D eigenvalue weighted by atomic mass is 19.1. The van der Waals surface area contributed by atoms with Crippen LogP contribution < -0.4 is 5.32 Å². The normalized spacial score (nSPS) is 21.0. The van der Waals surface area contributed by atoms with Crippen molar-refractivity contribution in [3.05, 3.63) is 30.3 Å². The molecule has 128 valence electrons. The van der Waals surface area contributed by atoms with Crippen LogP contribution in [0, 0.1) is 5.82 Å². The summed E-state index contributed by atoms with van der Waals surface area (Å²) in [5.74, 6) is 0.0932. The number of carbonyl (C=O) groups excluding carboxylic acids is 1. The smallest absolute Gasteiger partial charge is 0.224 e. The Morgan fingerprint density at radius 1 is 1.33 bits per heavy atom. The standard InChI is InChI=1S/C17H21FN4O2/c1-11-8-22(9-12(2)24-11)15(23)6-7-19-17-16-13(18)4-3-5-14(16)20-10-21-17/h3-5,10-12H,6-9H2,1-2H3,(H,19,20,21)/t11-,12-/m0/s1. The predicted molar refractivity (Wildman–Crippen MR) is 89.2 cm³/mol. The Labute approximate surface area is 140 Å². The number of nitrogens with one attached hydrogen (secondary N) is 1. The summed E-state index contributed by atoms with van der Waals surface area (Å²) >= 11 is 0. The number of carbonyl (C=O) groups is 1. The van der Waals surface area contributed by atoms with Gasteiger partial charge in [-0.25, -0.2) is 14.4 Å². The van der Waals surface area contributed by atoms with E-state index >= 15 is 0 Å². The van der Waals surface area contributed by atoms with Crippen molar-refractivity contribution in [2.75, 3.05) is 25.0 Å². The summed E-state index contributed by atoms with van der Waals surface area (Å²) in [7, 11) is 0. The molecule has 1 aromatic heterocycles. The molecule has 1 N–H and O–H groups in total. The maximum atomic E-state index is 14.0. The highest BCUT2D eigenvalue weighted by molar-refractivity contribution is 5.89. The number of anilines is 1. The van der Waals surface area contributed by atoms with E-state index in [9.17, 15) is 9.18 Å². The number of hydrogen-bond acceptors (Lipinski definition) is 5. The van der Waals surface area contributed by atoms with Gasteiger partial charge < -0.3 is 15.0 Å². The van der Waals surface area contributed by atoms with Gasteiger partial charge in [-0.15, -0.1) is 0 Å². The molecule has 1 fully saturated rings. The lowest BCUT2D eigenvalue weighted by molar-refractivity contribution is -0.142. The van der Waals surface area contributed by atoms with E-state index in [0.29, 0.717) is 42.8 Å². The van der Waals surface area contributed by atoms with E-state index in [1.165, 1.54) is 12.4 Å². The number of fused-ring (bicyclic) bond motifs is 1. The molecule has 3 rings (SSSR count). The van der Waals surface area contributed by atoms with Gasteiger partial charge in [0.15, 0.2) is 0 Å².